The van der Waals surface area contributed by atoms with Crippen molar-refractivity contribution >= 4 is 29.0 Å². The number of hydrogen-bond acceptors (Lipinski definition) is 8. The summed E-state index contributed by atoms with van der Waals surface area (Å²) in [6.07, 6.45) is -3.38. The van der Waals surface area contributed by atoms with Gasteiger partial charge in [0.15, 0.2) is 5.82 Å². The van der Waals surface area contributed by atoms with E-state index in [2.05, 4.69) is 20.3 Å². The van der Waals surface area contributed by atoms with Gasteiger partial charge in [0.1, 0.15) is 17.6 Å². The Morgan fingerprint density at radius 1 is 1.37 bits per heavy atom. The maximum absolute atomic E-state index is 12.7. The molecule has 1 saturated heterocycles. The Bertz CT molecular complexity index is 848. The zero-order valence-corrected chi connectivity index (χ0v) is 16.9. The summed E-state index contributed by atoms with van der Waals surface area (Å²) in [6.45, 7) is 5.50. The first-order valence-electron chi connectivity index (χ1n) is 8.76. The Kier molecular flexibility index (Phi) is 8.06. The molecule has 0 aliphatic carbocycles. The summed E-state index contributed by atoms with van der Waals surface area (Å²) in [6, 6.07) is 1.79. The van der Waals surface area contributed by atoms with Gasteiger partial charge in [-0.1, -0.05) is 0 Å². The van der Waals surface area contributed by atoms with Gasteiger partial charge in [-0.15, -0.1) is 11.3 Å². The lowest BCUT2D eigenvalue weighted by Gasteiger charge is -2.34. The fourth-order valence-electron chi connectivity index (χ4n) is 2.44. The molecule has 9 nitrogen and oxygen atoms in total. The zero-order chi connectivity index (χ0) is 22.3. The number of rotatable bonds is 4. The molecule has 13 heteroatoms. The molecule has 1 aliphatic rings. The number of ether oxygens (including phenoxy) is 1. The Morgan fingerprint density at radius 2 is 2.07 bits per heavy atom. The Morgan fingerprint density at radius 3 is 2.63 bits per heavy atom. The Balaban J connectivity index is 0.000000396. The van der Waals surface area contributed by atoms with Crippen LogP contribution in [0.5, 0.6) is 0 Å². The van der Waals surface area contributed by atoms with Gasteiger partial charge in [0.25, 0.3) is 5.91 Å². The predicted octanol–water partition coefficient (Wildman–Crippen LogP) is 2.60. The van der Waals surface area contributed by atoms with Crippen LogP contribution in [-0.4, -0.2) is 68.8 Å². The monoisotopic (exact) mass is 447 g/mol. The van der Waals surface area contributed by atoms with Gasteiger partial charge in [-0.2, -0.15) is 13.2 Å². The highest BCUT2D eigenvalue weighted by Crippen LogP contribution is 2.24. The topological polar surface area (TPSA) is 118 Å². The highest BCUT2D eigenvalue weighted by Gasteiger charge is 2.38. The minimum Gasteiger partial charge on any atom is -0.475 e. The lowest BCUT2D eigenvalue weighted by molar-refractivity contribution is -0.192. The number of hydrogen-bond donors (Lipinski definition) is 2. The van der Waals surface area contributed by atoms with E-state index < -0.39 is 12.1 Å². The number of carboxylic acids is 1. The van der Waals surface area contributed by atoms with Gasteiger partial charge in [0.05, 0.1) is 18.7 Å². The molecule has 1 unspecified atom stereocenters. The maximum atomic E-state index is 12.7. The highest BCUT2D eigenvalue weighted by atomic mass is 32.1. The molecule has 2 aromatic rings. The summed E-state index contributed by atoms with van der Waals surface area (Å²) in [5.41, 5.74) is 2.12. The summed E-state index contributed by atoms with van der Waals surface area (Å²) < 4.78 is 37.3. The quantitative estimate of drug-likeness (QED) is 0.735. The first-order chi connectivity index (χ1) is 14.1. The van der Waals surface area contributed by atoms with Crippen molar-refractivity contribution in [3.8, 4) is 0 Å². The van der Waals surface area contributed by atoms with E-state index in [0.717, 1.165) is 5.82 Å². The number of thiazole rings is 1. The molecule has 0 spiro atoms. The normalized spacial score (nSPS) is 16.6. The summed E-state index contributed by atoms with van der Waals surface area (Å²) in [5, 5.41) is 12.1. The smallest absolute Gasteiger partial charge is 0.475 e. The van der Waals surface area contributed by atoms with E-state index in [9.17, 15) is 18.0 Å². The second-order valence-electron chi connectivity index (χ2n) is 6.36. The van der Waals surface area contributed by atoms with Crippen molar-refractivity contribution in [2.24, 2.45) is 0 Å². The molecule has 1 amide bonds. The fraction of sp³-hybridized carbons (Fsp3) is 0.471. The number of amides is 1. The van der Waals surface area contributed by atoms with E-state index in [-0.39, 0.29) is 18.0 Å². The van der Waals surface area contributed by atoms with Crippen LogP contribution in [0.25, 0.3) is 0 Å². The minimum atomic E-state index is -5.08. The van der Waals surface area contributed by atoms with Crippen LogP contribution >= 0.6 is 11.3 Å². The van der Waals surface area contributed by atoms with Gasteiger partial charge in [-0.05, 0) is 19.9 Å². The van der Waals surface area contributed by atoms with Crippen molar-refractivity contribution in [2.75, 3.05) is 25.1 Å². The Hall–Kier alpha value is -2.80. The van der Waals surface area contributed by atoms with Crippen LogP contribution in [0.1, 0.15) is 36.2 Å². The average Bonchev–Trinajstić information content (AvgIpc) is 3.22. The van der Waals surface area contributed by atoms with Crippen molar-refractivity contribution < 1.29 is 32.6 Å². The molecular weight excluding hydrogens is 427 g/mol. The number of alkyl halides is 3. The molecule has 2 N–H and O–H groups in total. The summed E-state index contributed by atoms with van der Waals surface area (Å²) in [5.74, 6) is -1.53. The number of carbonyl (C=O) groups is 2. The number of morpholine rings is 1. The average molecular weight is 447 g/mol. The van der Waals surface area contributed by atoms with Crippen LogP contribution in [0, 0.1) is 0 Å². The van der Waals surface area contributed by atoms with Crippen LogP contribution in [0.2, 0.25) is 0 Å². The molecule has 0 bridgehead atoms. The number of nitrogens with one attached hydrogen (secondary N) is 1. The van der Waals surface area contributed by atoms with E-state index in [1.54, 1.807) is 22.0 Å². The van der Waals surface area contributed by atoms with E-state index in [4.69, 9.17) is 14.6 Å². The second kappa shape index (κ2) is 10.3. The molecule has 2 aromatic heterocycles. The fourth-order valence-corrected chi connectivity index (χ4v) is 2.96. The molecule has 0 radical (unpaired) electrons. The molecule has 1 aliphatic heterocycles. The van der Waals surface area contributed by atoms with E-state index >= 15 is 0 Å². The number of anilines is 1. The molecule has 3 heterocycles. The standard InChI is InChI=1S/C15H19N5O2S.C2HF3O2/c1-10(2)18-13-3-4-16-14(19-13)12-7-22-6-5-20(12)15(21)11-8-23-9-17-11;3-2(4,5)1(6)7/h3-4,8-10,12H,5-7H2,1-2H3,(H,16,18,19);(H,6,7). The number of nitrogens with zero attached hydrogens (tertiary/aromatic N) is 4. The van der Waals surface area contributed by atoms with Crippen molar-refractivity contribution in [3.63, 3.8) is 0 Å². The minimum absolute atomic E-state index is 0.106. The van der Waals surface area contributed by atoms with Crippen molar-refractivity contribution in [3.05, 3.63) is 34.7 Å². The number of carbonyl (C=O) groups excluding carboxylic acids is 1. The predicted molar refractivity (Wildman–Crippen MR) is 101 cm³/mol. The largest absolute Gasteiger partial charge is 0.490 e. The van der Waals surface area contributed by atoms with Crippen molar-refractivity contribution in [1.82, 2.24) is 19.9 Å². The third kappa shape index (κ3) is 6.62. The molecule has 1 fully saturated rings. The van der Waals surface area contributed by atoms with Crippen LogP contribution in [0.15, 0.2) is 23.2 Å². The van der Waals surface area contributed by atoms with Gasteiger partial charge >= 0.3 is 12.1 Å². The van der Waals surface area contributed by atoms with Gasteiger partial charge < -0.3 is 20.1 Å². The van der Waals surface area contributed by atoms with Crippen LogP contribution < -0.4 is 5.32 Å². The van der Waals surface area contributed by atoms with Gasteiger partial charge in [-0.25, -0.2) is 19.7 Å². The lowest BCUT2D eigenvalue weighted by atomic mass is 10.2. The van der Waals surface area contributed by atoms with E-state index in [1.165, 1.54) is 11.3 Å². The second-order valence-corrected chi connectivity index (χ2v) is 7.08. The van der Waals surface area contributed by atoms with E-state index in [0.29, 0.717) is 31.3 Å². The number of aromatic nitrogens is 3. The van der Waals surface area contributed by atoms with Gasteiger partial charge in [-0.3, -0.25) is 4.79 Å². The first kappa shape index (κ1) is 23.5. The zero-order valence-electron chi connectivity index (χ0n) is 16.1. The van der Waals surface area contributed by atoms with Crippen LogP contribution in [-0.2, 0) is 9.53 Å². The van der Waals surface area contributed by atoms with Crippen molar-refractivity contribution in [1.29, 1.82) is 0 Å². The number of carboxylic acid groups (broad SMARTS) is 1. The molecule has 30 heavy (non-hydrogen) atoms. The molecule has 1 atom stereocenters. The van der Waals surface area contributed by atoms with Crippen molar-refractivity contribution in [2.45, 2.75) is 32.1 Å². The molecule has 164 valence electrons. The lowest BCUT2D eigenvalue weighted by Crippen LogP contribution is -2.44. The SMILES string of the molecule is CC(C)Nc1ccnc(C2COCCN2C(=O)c2cscn2)n1.O=C(O)C(F)(F)F. The van der Waals surface area contributed by atoms with Crippen LogP contribution in [0.4, 0.5) is 19.0 Å². The molecule has 0 saturated carbocycles. The van der Waals surface area contributed by atoms with E-state index in [1.807, 2.05) is 19.9 Å². The number of halogens is 3. The summed E-state index contributed by atoms with van der Waals surface area (Å²) >= 11 is 1.41. The van der Waals surface area contributed by atoms with Gasteiger partial charge in [0.2, 0.25) is 0 Å². The third-order valence-electron chi connectivity index (χ3n) is 3.69. The maximum Gasteiger partial charge on any atom is 0.490 e. The third-order valence-corrected chi connectivity index (χ3v) is 4.28. The number of aliphatic carboxylic acids is 1. The van der Waals surface area contributed by atoms with Crippen LogP contribution in [0.3, 0.4) is 0 Å². The molecular formula is C17H20F3N5O4S. The first-order valence-corrected chi connectivity index (χ1v) is 9.70. The molecule has 0 aromatic carbocycles. The summed E-state index contributed by atoms with van der Waals surface area (Å²) in [4.78, 5) is 36.3. The highest BCUT2D eigenvalue weighted by molar-refractivity contribution is 7.07. The Labute approximate surface area is 173 Å². The molecule has 3 rings (SSSR count). The van der Waals surface area contributed by atoms with Gasteiger partial charge in [0, 0.05) is 24.2 Å². The summed E-state index contributed by atoms with van der Waals surface area (Å²) in [7, 11) is 0.